The van der Waals surface area contributed by atoms with Gasteiger partial charge in [0, 0.05) is 38.4 Å². The van der Waals surface area contributed by atoms with E-state index >= 15 is 0 Å². The largest absolute Gasteiger partial charge is 0.333 e. The number of aryl methyl sites for hydroxylation is 2. The minimum atomic E-state index is 0.360. The zero-order valence-corrected chi connectivity index (χ0v) is 13.5. The number of hydrogen-bond donors (Lipinski definition) is 1. The van der Waals surface area contributed by atoms with Crippen LogP contribution in [0.1, 0.15) is 25.5 Å². The molecule has 0 spiro atoms. The number of benzene rings is 1. The summed E-state index contributed by atoms with van der Waals surface area (Å²) in [6.07, 6.45) is 4.88. The Bertz CT molecular complexity index is 755. The molecule has 22 heavy (non-hydrogen) atoms. The van der Waals surface area contributed by atoms with Crippen LogP contribution in [0.25, 0.3) is 11.0 Å². The van der Waals surface area contributed by atoms with Crippen LogP contribution in [-0.2, 0) is 26.6 Å². The highest BCUT2D eigenvalue weighted by Crippen LogP contribution is 2.14. The van der Waals surface area contributed by atoms with Crippen LogP contribution in [0.2, 0.25) is 0 Å². The quantitative estimate of drug-likeness (QED) is 0.760. The highest BCUT2D eigenvalue weighted by atomic mass is 15.1. The van der Waals surface area contributed by atoms with Gasteiger partial charge in [0.2, 0.25) is 0 Å². The Morgan fingerprint density at radius 1 is 1.23 bits per heavy atom. The molecule has 5 nitrogen and oxygen atoms in total. The highest BCUT2D eigenvalue weighted by Gasteiger charge is 2.10. The first-order valence-corrected chi connectivity index (χ1v) is 7.82. The van der Waals surface area contributed by atoms with Crippen molar-refractivity contribution in [1.29, 1.82) is 0 Å². The van der Waals surface area contributed by atoms with Crippen LogP contribution >= 0.6 is 0 Å². The minimum Gasteiger partial charge on any atom is -0.333 e. The first-order valence-electron chi connectivity index (χ1n) is 7.82. The second-order valence-corrected chi connectivity index (χ2v) is 5.71. The lowest BCUT2D eigenvalue weighted by Crippen LogP contribution is -2.31. The smallest absolute Gasteiger partial charge is 0.123 e. The Morgan fingerprint density at radius 2 is 2.05 bits per heavy atom. The molecule has 0 aliphatic carbocycles. The molecule has 3 aromatic rings. The van der Waals surface area contributed by atoms with E-state index in [1.165, 1.54) is 5.52 Å². The molecular weight excluding hydrogens is 274 g/mol. The number of fused-ring (bicyclic) bond motifs is 1. The van der Waals surface area contributed by atoms with Crippen LogP contribution in [-0.4, -0.2) is 25.1 Å². The molecule has 0 fully saturated rings. The van der Waals surface area contributed by atoms with E-state index in [0.717, 1.165) is 36.7 Å². The summed E-state index contributed by atoms with van der Waals surface area (Å²) < 4.78 is 4.37. The van der Waals surface area contributed by atoms with Gasteiger partial charge in [0.05, 0.1) is 17.6 Å². The third-order valence-electron chi connectivity index (χ3n) is 4.08. The third-order valence-corrected chi connectivity index (χ3v) is 4.08. The maximum absolute atomic E-state index is 4.70. The lowest BCUT2D eigenvalue weighted by Gasteiger charge is -2.15. The molecule has 1 atom stereocenters. The standard InChI is InChI=1S/C17H23N5/c1-4-16-18-9-10-22(16)12-13(2)19-11-17-20-14-7-5-6-8-15(14)21(17)3/h5-10,13,19H,4,11-12H2,1-3H3/t13-/m0/s1. The van der Waals surface area contributed by atoms with E-state index in [1.807, 2.05) is 18.5 Å². The summed E-state index contributed by atoms with van der Waals surface area (Å²) >= 11 is 0. The summed E-state index contributed by atoms with van der Waals surface area (Å²) in [6, 6.07) is 8.60. The van der Waals surface area contributed by atoms with Gasteiger partial charge in [-0.15, -0.1) is 0 Å². The van der Waals surface area contributed by atoms with Gasteiger partial charge < -0.3 is 14.5 Å². The highest BCUT2D eigenvalue weighted by molar-refractivity contribution is 5.75. The second-order valence-electron chi connectivity index (χ2n) is 5.71. The summed E-state index contributed by atoms with van der Waals surface area (Å²) in [7, 11) is 2.07. The van der Waals surface area contributed by atoms with Crippen molar-refractivity contribution in [1.82, 2.24) is 24.4 Å². The molecule has 3 rings (SSSR count). The average molecular weight is 297 g/mol. The van der Waals surface area contributed by atoms with Gasteiger partial charge in [-0.1, -0.05) is 19.1 Å². The molecule has 1 N–H and O–H groups in total. The normalized spacial score (nSPS) is 12.9. The molecule has 1 aromatic carbocycles. The topological polar surface area (TPSA) is 47.7 Å². The number of hydrogen-bond acceptors (Lipinski definition) is 3. The molecule has 2 heterocycles. The number of para-hydroxylation sites is 2. The average Bonchev–Trinajstić information content (AvgIpc) is 3.10. The Balaban J connectivity index is 1.65. The third kappa shape index (κ3) is 2.90. The van der Waals surface area contributed by atoms with Gasteiger partial charge in [0.25, 0.3) is 0 Å². The predicted octanol–water partition coefficient (Wildman–Crippen LogP) is 2.51. The van der Waals surface area contributed by atoms with Crippen molar-refractivity contribution in [2.75, 3.05) is 0 Å². The predicted molar refractivity (Wildman–Crippen MR) is 88.6 cm³/mol. The fraction of sp³-hybridized carbons (Fsp3) is 0.412. The van der Waals surface area contributed by atoms with Gasteiger partial charge >= 0.3 is 0 Å². The minimum absolute atomic E-state index is 0.360. The maximum Gasteiger partial charge on any atom is 0.123 e. The number of aromatic nitrogens is 4. The van der Waals surface area contributed by atoms with Crippen LogP contribution in [0, 0.1) is 0 Å². The molecule has 0 radical (unpaired) electrons. The van der Waals surface area contributed by atoms with Crippen molar-refractivity contribution in [2.45, 2.75) is 39.4 Å². The Labute approximate surface area is 131 Å². The van der Waals surface area contributed by atoms with Crippen molar-refractivity contribution in [2.24, 2.45) is 7.05 Å². The SMILES string of the molecule is CCc1nccn1C[C@H](C)NCc1nc2ccccc2n1C. The molecule has 2 aromatic heterocycles. The van der Waals surface area contributed by atoms with Gasteiger partial charge in [-0.05, 0) is 19.1 Å². The second kappa shape index (κ2) is 6.32. The summed E-state index contributed by atoms with van der Waals surface area (Å²) in [6.45, 7) is 6.02. The molecule has 0 bridgehead atoms. The summed E-state index contributed by atoms with van der Waals surface area (Å²) in [5.41, 5.74) is 2.23. The van der Waals surface area contributed by atoms with Gasteiger partial charge in [-0.25, -0.2) is 9.97 Å². The monoisotopic (exact) mass is 297 g/mol. The van der Waals surface area contributed by atoms with Crippen LogP contribution in [0.3, 0.4) is 0 Å². The molecule has 0 aliphatic heterocycles. The Morgan fingerprint density at radius 3 is 2.82 bits per heavy atom. The van der Waals surface area contributed by atoms with Crippen molar-refractivity contribution in [3.8, 4) is 0 Å². The zero-order chi connectivity index (χ0) is 15.5. The maximum atomic E-state index is 4.70. The van der Waals surface area contributed by atoms with Crippen molar-refractivity contribution < 1.29 is 0 Å². The number of nitrogens with zero attached hydrogens (tertiary/aromatic N) is 4. The molecule has 116 valence electrons. The molecule has 0 saturated carbocycles. The number of imidazole rings is 2. The summed E-state index contributed by atoms with van der Waals surface area (Å²) in [5, 5.41) is 3.56. The van der Waals surface area contributed by atoms with Gasteiger partial charge in [0.1, 0.15) is 11.6 Å². The Hall–Kier alpha value is -2.14. The number of nitrogens with one attached hydrogen (secondary N) is 1. The van der Waals surface area contributed by atoms with Gasteiger partial charge in [-0.2, -0.15) is 0 Å². The van der Waals surface area contributed by atoms with Crippen LogP contribution < -0.4 is 5.32 Å². The lowest BCUT2D eigenvalue weighted by molar-refractivity contribution is 0.459. The first-order chi connectivity index (χ1) is 10.7. The lowest BCUT2D eigenvalue weighted by atomic mass is 10.3. The van der Waals surface area contributed by atoms with Crippen molar-refractivity contribution in [3.63, 3.8) is 0 Å². The molecular formula is C17H23N5. The van der Waals surface area contributed by atoms with Crippen LogP contribution in [0.15, 0.2) is 36.7 Å². The molecule has 5 heteroatoms. The zero-order valence-electron chi connectivity index (χ0n) is 13.5. The summed E-state index contributed by atoms with van der Waals surface area (Å²) in [4.78, 5) is 9.06. The van der Waals surface area contributed by atoms with E-state index in [-0.39, 0.29) is 0 Å². The van der Waals surface area contributed by atoms with Gasteiger partial charge in [-0.3, -0.25) is 0 Å². The molecule has 0 saturated heterocycles. The van der Waals surface area contributed by atoms with Crippen molar-refractivity contribution >= 4 is 11.0 Å². The van der Waals surface area contributed by atoms with E-state index in [0.29, 0.717) is 6.04 Å². The first kappa shape index (κ1) is 14.8. The van der Waals surface area contributed by atoms with E-state index in [4.69, 9.17) is 4.98 Å². The number of rotatable bonds is 6. The van der Waals surface area contributed by atoms with E-state index in [9.17, 15) is 0 Å². The fourth-order valence-electron chi connectivity index (χ4n) is 2.80. The molecule has 0 aliphatic rings. The Kier molecular flexibility index (Phi) is 4.24. The van der Waals surface area contributed by atoms with E-state index in [2.05, 4.69) is 58.5 Å². The van der Waals surface area contributed by atoms with E-state index < -0.39 is 0 Å². The van der Waals surface area contributed by atoms with Crippen molar-refractivity contribution in [3.05, 3.63) is 48.3 Å². The summed E-state index contributed by atoms with van der Waals surface area (Å²) in [5.74, 6) is 2.20. The van der Waals surface area contributed by atoms with Crippen LogP contribution in [0.4, 0.5) is 0 Å². The molecule has 0 amide bonds. The fourth-order valence-corrected chi connectivity index (χ4v) is 2.80. The molecule has 0 unspecified atom stereocenters. The van der Waals surface area contributed by atoms with Gasteiger partial charge in [0.15, 0.2) is 0 Å². The van der Waals surface area contributed by atoms with Crippen LogP contribution in [0.5, 0.6) is 0 Å². The van der Waals surface area contributed by atoms with E-state index in [1.54, 1.807) is 0 Å².